The lowest BCUT2D eigenvalue weighted by atomic mass is 10.1. The van der Waals surface area contributed by atoms with E-state index in [9.17, 15) is 9.59 Å². The van der Waals surface area contributed by atoms with Crippen molar-refractivity contribution in [3.8, 4) is 0 Å². The SMILES string of the molecule is CNC(=O)NCCC(=O)NCCC(C)C. The molecule has 0 heterocycles. The fourth-order valence-corrected chi connectivity index (χ4v) is 0.967. The van der Waals surface area contributed by atoms with E-state index < -0.39 is 0 Å². The Hall–Kier alpha value is -1.26. The third kappa shape index (κ3) is 9.05. The molecule has 88 valence electrons. The van der Waals surface area contributed by atoms with Crippen LogP contribution in [0, 0.1) is 5.92 Å². The van der Waals surface area contributed by atoms with Crippen LogP contribution in [0.15, 0.2) is 0 Å². The Kier molecular flexibility index (Phi) is 7.40. The smallest absolute Gasteiger partial charge is 0.314 e. The molecule has 0 unspecified atom stereocenters. The minimum Gasteiger partial charge on any atom is -0.356 e. The molecule has 0 aliphatic rings. The van der Waals surface area contributed by atoms with Gasteiger partial charge in [-0.25, -0.2) is 4.79 Å². The van der Waals surface area contributed by atoms with Crippen molar-refractivity contribution < 1.29 is 9.59 Å². The Balaban J connectivity index is 3.37. The standard InChI is InChI=1S/C10H21N3O2/c1-8(2)4-6-12-9(14)5-7-13-10(15)11-3/h8H,4-7H2,1-3H3,(H,12,14)(H2,11,13,15). The molecule has 0 bridgehead atoms. The van der Waals surface area contributed by atoms with Gasteiger partial charge in [0.1, 0.15) is 0 Å². The highest BCUT2D eigenvalue weighted by atomic mass is 16.2. The van der Waals surface area contributed by atoms with E-state index in [2.05, 4.69) is 29.8 Å². The quantitative estimate of drug-likeness (QED) is 0.602. The van der Waals surface area contributed by atoms with E-state index in [1.807, 2.05) is 0 Å². The highest BCUT2D eigenvalue weighted by Gasteiger charge is 2.02. The van der Waals surface area contributed by atoms with Gasteiger partial charge in [-0.3, -0.25) is 4.79 Å². The lowest BCUT2D eigenvalue weighted by Crippen LogP contribution is -2.36. The molecule has 0 saturated carbocycles. The van der Waals surface area contributed by atoms with Crippen LogP contribution in [-0.4, -0.2) is 32.1 Å². The van der Waals surface area contributed by atoms with Crippen LogP contribution in [0.5, 0.6) is 0 Å². The van der Waals surface area contributed by atoms with Crippen LogP contribution >= 0.6 is 0 Å². The minimum absolute atomic E-state index is 0.0212. The van der Waals surface area contributed by atoms with Crippen molar-refractivity contribution >= 4 is 11.9 Å². The molecule has 0 aliphatic carbocycles. The molecule has 0 aromatic carbocycles. The molecule has 0 fully saturated rings. The van der Waals surface area contributed by atoms with E-state index >= 15 is 0 Å². The van der Waals surface area contributed by atoms with E-state index in [0.29, 0.717) is 25.4 Å². The number of urea groups is 1. The summed E-state index contributed by atoms with van der Waals surface area (Å²) in [6.45, 7) is 5.29. The van der Waals surface area contributed by atoms with Crippen molar-refractivity contribution in [2.75, 3.05) is 20.1 Å². The molecule has 3 N–H and O–H groups in total. The molecule has 0 aliphatic heterocycles. The molecule has 0 aromatic heterocycles. The van der Waals surface area contributed by atoms with E-state index in [4.69, 9.17) is 0 Å². The number of nitrogens with one attached hydrogen (secondary N) is 3. The maximum Gasteiger partial charge on any atom is 0.314 e. The van der Waals surface area contributed by atoms with Crippen LogP contribution in [0.25, 0.3) is 0 Å². The second-order valence-corrected chi connectivity index (χ2v) is 3.79. The summed E-state index contributed by atoms with van der Waals surface area (Å²) in [5, 5.41) is 7.76. The molecule has 0 saturated heterocycles. The third-order valence-electron chi connectivity index (χ3n) is 1.91. The van der Waals surface area contributed by atoms with Crippen molar-refractivity contribution in [3.63, 3.8) is 0 Å². The van der Waals surface area contributed by atoms with Crippen LogP contribution in [0.1, 0.15) is 26.7 Å². The summed E-state index contributed by atoms with van der Waals surface area (Å²) in [6.07, 6.45) is 1.31. The Labute approximate surface area is 91.0 Å². The van der Waals surface area contributed by atoms with Crippen LogP contribution in [-0.2, 0) is 4.79 Å². The number of carbonyl (C=O) groups excluding carboxylic acids is 2. The predicted molar refractivity (Wildman–Crippen MR) is 59.5 cm³/mol. The van der Waals surface area contributed by atoms with Crippen molar-refractivity contribution in [2.24, 2.45) is 5.92 Å². The van der Waals surface area contributed by atoms with Gasteiger partial charge in [0.2, 0.25) is 5.91 Å². The molecule has 5 heteroatoms. The Morgan fingerprint density at radius 1 is 1.13 bits per heavy atom. The summed E-state index contributed by atoms with van der Waals surface area (Å²) < 4.78 is 0. The highest BCUT2D eigenvalue weighted by molar-refractivity contribution is 5.77. The molecule has 0 radical (unpaired) electrons. The van der Waals surface area contributed by atoms with Crippen LogP contribution in [0.2, 0.25) is 0 Å². The second-order valence-electron chi connectivity index (χ2n) is 3.79. The zero-order valence-corrected chi connectivity index (χ0v) is 9.72. The van der Waals surface area contributed by atoms with Crippen molar-refractivity contribution in [1.29, 1.82) is 0 Å². The van der Waals surface area contributed by atoms with Gasteiger partial charge in [0.15, 0.2) is 0 Å². The fraction of sp³-hybridized carbons (Fsp3) is 0.800. The number of hydrogen-bond acceptors (Lipinski definition) is 2. The summed E-state index contributed by atoms with van der Waals surface area (Å²) in [4.78, 5) is 22.0. The molecular formula is C10H21N3O2. The second kappa shape index (κ2) is 8.08. The van der Waals surface area contributed by atoms with E-state index in [-0.39, 0.29) is 11.9 Å². The number of hydrogen-bond donors (Lipinski definition) is 3. The average Bonchev–Trinajstić information content (AvgIpc) is 2.17. The van der Waals surface area contributed by atoms with Crippen LogP contribution < -0.4 is 16.0 Å². The van der Waals surface area contributed by atoms with Gasteiger partial charge < -0.3 is 16.0 Å². The zero-order chi connectivity index (χ0) is 11.7. The van der Waals surface area contributed by atoms with Gasteiger partial charge in [0.05, 0.1) is 0 Å². The van der Waals surface area contributed by atoms with E-state index in [0.717, 1.165) is 6.42 Å². The topological polar surface area (TPSA) is 70.2 Å². The van der Waals surface area contributed by atoms with Gasteiger partial charge in [-0.1, -0.05) is 13.8 Å². The van der Waals surface area contributed by atoms with Gasteiger partial charge in [-0.05, 0) is 12.3 Å². The Morgan fingerprint density at radius 2 is 1.80 bits per heavy atom. The minimum atomic E-state index is -0.259. The molecule has 0 atom stereocenters. The molecule has 5 nitrogen and oxygen atoms in total. The molecule has 0 rings (SSSR count). The van der Waals surface area contributed by atoms with Gasteiger partial charge in [-0.15, -0.1) is 0 Å². The normalized spacial score (nSPS) is 9.87. The molecule has 0 aromatic rings. The molecule has 15 heavy (non-hydrogen) atoms. The summed E-state index contributed by atoms with van der Waals surface area (Å²) in [7, 11) is 1.54. The summed E-state index contributed by atoms with van der Waals surface area (Å²) in [6, 6.07) is -0.259. The monoisotopic (exact) mass is 215 g/mol. The van der Waals surface area contributed by atoms with E-state index in [1.54, 1.807) is 0 Å². The summed E-state index contributed by atoms with van der Waals surface area (Å²) in [5.41, 5.74) is 0. The Bertz CT molecular complexity index is 205. The van der Waals surface area contributed by atoms with Gasteiger partial charge in [0, 0.05) is 26.6 Å². The molecule has 0 spiro atoms. The van der Waals surface area contributed by atoms with Gasteiger partial charge in [-0.2, -0.15) is 0 Å². The lowest BCUT2D eigenvalue weighted by Gasteiger charge is -2.07. The first-order chi connectivity index (χ1) is 7.06. The van der Waals surface area contributed by atoms with Crippen LogP contribution in [0.4, 0.5) is 4.79 Å². The molecular weight excluding hydrogens is 194 g/mol. The van der Waals surface area contributed by atoms with Crippen LogP contribution in [0.3, 0.4) is 0 Å². The zero-order valence-electron chi connectivity index (χ0n) is 9.72. The van der Waals surface area contributed by atoms with Gasteiger partial charge >= 0.3 is 6.03 Å². The summed E-state index contributed by atoms with van der Waals surface area (Å²) in [5.74, 6) is 0.571. The average molecular weight is 215 g/mol. The van der Waals surface area contributed by atoms with Crippen molar-refractivity contribution in [2.45, 2.75) is 26.7 Å². The number of rotatable bonds is 6. The molecule has 3 amide bonds. The first-order valence-corrected chi connectivity index (χ1v) is 5.28. The van der Waals surface area contributed by atoms with Gasteiger partial charge in [0.25, 0.3) is 0 Å². The Morgan fingerprint density at radius 3 is 2.33 bits per heavy atom. The summed E-state index contributed by atoms with van der Waals surface area (Å²) >= 11 is 0. The van der Waals surface area contributed by atoms with Crippen molar-refractivity contribution in [1.82, 2.24) is 16.0 Å². The first kappa shape index (κ1) is 13.7. The van der Waals surface area contributed by atoms with Crippen molar-refractivity contribution in [3.05, 3.63) is 0 Å². The maximum atomic E-state index is 11.2. The first-order valence-electron chi connectivity index (χ1n) is 5.28. The highest BCUT2D eigenvalue weighted by Crippen LogP contribution is 1.96. The predicted octanol–water partition coefficient (Wildman–Crippen LogP) is 0.468. The maximum absolute atomic E-state index is 11.2. The number of carbonyl (C=O) groups is 2. The third-order valence-corrected chi connectivity index (χ3v) is 1.91. The van der Waals surface area contributed by atoms with E-state index in [1.165, 1.54) is 7.05 Å². The lowest BCUT2D eigenvalue weighted by molar-refractivity contribution is -0.120. The number of amides is 3. The fourth-order valence-electron chi connectivity index (χ4n) is 0.967. The largest absolute Gasteiger partial charge is 0.356 e.